The highest BCUT2D eigenvalue weighted by molar-refractivity contribution is 5.22. The lowest BCUT2D eigenvalue weighted by Gasteiger charge is -2.20. The van der Waals surface area contributed by atoms with Gasteiger partial charge in [0, 0.05) is 6.04 Å². The lowest BCUT2D eigenvalue weighted by molar-refractivity contribution is 0.480. The molecule has 0 aromatic heterocycles. The number of likely N-dealkylation sites (N-methyl/N-ethyl adjacent to an activating group) is 1. The molecule has 1 heteroatoms. The molecule has 2 fully saturated rings. The Hall–Kier alpha value is -0.300. The molecule has 0 spiro atoms. The fraction of sp³-hybridized carbons (Fsp3) is 0.867. The number of rotatable bonds is 4. The summed E-state index contributed by atoms with van der Waals surface area (Å²) in [5.41, 5.74) is 1.75. The Kier molecular flexibility index (Phi) is 3.06. The van der Waals surface area contributed by atoms with Crippen LogP contribution in [0.5, 0.6) is 0 Å². The van der Waals surface area contributed by atoms with Crippen LogP contribution in [0.2, 0.25) is 0 Å². The summed E-state index contributed by atoms with van der Waals surface area (Å²) in [4.78, 5) is 0. The number of hydrogen-bond acceptors (Lipinski definition) is 1. The molecule has 2 saturated carbocycles. The van der Waals surface area contributed by atoms with Crippen molar-refractivity contribution in [3.8, 4) is 0 Å². The second-order valence-electron chi connectivity index (χ2n) is 5.90. The van der Waals surface area contributed by atoms with Crippen molar-refractivity contribution in [2.45, 2.75) is 57.9 Å². The van der Waals surface area contributed by atoms with Gasteiger partial charge < -0.3 is 5.32 Å². The summed E-state index contributed by atoms with van der Waals surface area (Å²) < 4.78 is 0. The summed E-state index contributed by atoms with van der Waals surface area (Å²) in [5, 5.41) is 3.77. The van der Waals surface area contributed by atoms with Crippen molar-refractivity contribution in [3.63, 3.8) is 0 Å². The van der Waals surface area contributed by atoms with Gasteiger partial charge in [0.1, 0.15) is 0 Å². The molecule has 3 aliphatic rings. The van der Waals surface area contributed by atoms with E-state index in [2.05, 4.69) is 18.3 Å². The molecule has 0 aromatic rings. The summed E-state index contributed by atoms with van der Waals surface area (Å²) in [7, 11) is 0. The first-order valence-corrected chi connectivity index (χ1v) is 7.34. The summed E-state index contributed by atoms with van der Waals surface area (Å²) in [6, 6.07) is 0.751. The van der Waals surface area contributed by atoms with Crippen LogP contribution in [0.4, 0.5) is 0 Å². The van der Waals surface area contributed by atoms with Gasteiger partial charge in [0.2, 0.25) is 0 Å². The summed E-state index contributed by atoms with van der Waals surface area (Å²) in [5.74, 6) is 3.17. The molecule has 0 aliphatic heterocycles. The Morgan fingerprint density at radius 3 is 2.56 bits per heavy atom. The summed E-state index contributed by atoms with van der Waals surface area (Å²) >= 11 is 0. The predicted molar refractivity (Wildman–Crippen MR) is 68.3 cm³/mol. The van der Waals surface area contributed by atoms with Crippen LogP contribution in [-0.4, -0.2) is 12.6 Å². The first-order chi connectivity index (χ1) is 7.92. The van der Waals surface area contributed by atoms with Crippen LogP contribution in [0.1, 0.15) is 51.9 Å². The average molecular weight is 219 g/mol. The Bertz CT molecular complexity index is 269. The van der Waals surface area contributed by atoms with E-state index in [0.717, 1.165) is 30.3 Å². The molecule has 3 aliphatic carbocycles. The number of hydrogen-bond donors (Lipinski definition) is 1. The first-order valence-electron chi connectivity index (χ1n) is 7.34. The van der Waals surface area contributed by atoms with E-state index in [1.165, 1.54) is 44.9 Å². The van der Waals surface area contributed by atoms with E-state index in [0.29, 0.717) is 0 Å². The molecule has 0 aromatic carbocycles. The highest BCUT2D eigenvalue weighted by atomic mass is 14.9. The van der Waals surface area contributed by atoms with E-state index in [9.17, 15) is 0 Å². The van der Waals surface area contributed by atoms with Gasteiger partial charge in [-0.2, -0.15) is 0 Å². The largest absolute Gasteiger partial charge is 0.310 e. The Balaban J connectivity index is 1.69. The number of nitrogens with one attached hydrogen (secondary N) is 1. The minimum atomic E-state index is 0.751. The zero-order valence-electron chi connectivity index (χ0n) is 10.5. The normalized spacial score (nSPS) is 39.1. The van der Waals surface area contributed by atoms with Crippen LogP contribution in [0.3, 0.4) is 0 Å². The predicted octanol–water partition coefficient (Wildman–Crippen LogP) is 3.51. The van der Waals surface area contributed by atoms with Crippen molar-refractivity contribution in [1.82, 2.24) is 5.32 Å². The van der Waals surface area contributed by atoms with Gasteiger partial charge in [-0.1, -0.05) is 31.4 Å². The van der Waals surface area contributed by atoms with Crippen LogP contribution in [-0.2, 0) is 0 Å². The summed E-state index contributed by atoms with van der Waals surface area (Å²) in [6.45, 7) is 3.40. The quantitative estimate of drug-likeness (QED) is 0.713. The van der Waals surface area contributed by atoms with Gasteiger partial charge in [0.25, 0.3) is 0 Å². The van der Waals surface area contributed by atoms with Crippen LogP contribution < -0.4 is 5.32 Å². The molecule has 3 rings (SSSR count). The van der Waals surface area contributed by atoms with Crippen molar-refractivity contribution in [2.75, 3.05) is 6.54 Å². The molecule has 0 amide bonds. The fourth-order valence-corrected chi connectivity index (χ4v) is 4.25. The number of fused-ring (bicyclic) bond motifs is 1. The van der Waals surface area contributed by atoms with E-state index in [1.807, 2.05) is 0 Å². The molecule has 1 N–H and O–H groups in total. The van der Waals surface area contributed by atoms with Gasteiger partial charge in [0.15, 0.2) is 0 Å². The molecule has 0 saturated heterocycles. The second kappa shape index (κ2) is 4.52. The molecule has 1 nitrogen and oxygen atoms in total. The van der Waals surface area contributed by atoms with Gasteiger partial charge in [-0.05, 0) is 56.4 Å². The van der Waals surface area contributed by atoms with Crippen molar-refractivity contribution in [2.24, 2.45) is 17.8 Å². The topological polar surface area (TPSA) is 12.0 Å². The standard InChI is InChI=1S/C15H25N/c1-2-16-15(11-7-3-4-8-11)14-12-9-5-6-10-13(12)14/h7,12-16H,2-6,8-10H2,1H3. The third-order valence-electron chi connectivity index (χ3n) is 5.01. The molecule has 16 heavy (non-hydrogen) atoms. The summed E-state index contributed by atoms with van der Waals surface area (Å²) in [6.07, 6.45) is 12.7. The second-order valence-corrected chi connectivity index (χ2v) is 5.90. The van der Waals surface area contributed by atoms with Crippen molar-refractivity contribution < 1.29 is 0 Å². The van der Waals surface area contributed by atoms with Gasteiger partial charge in [-0.25, -0.2) is 0 Å². The van der Waals surface area contributed by atoms with Gasteiger partial charge in [0.05, 0.1) is 0 Å². The maximum absolute atomic E-state index is 3.77. The Labute approximate surface area is 99.7 Å². The smallest absolute Gasteiger partial charge is 0.0313 e. The van der Waals surface area contributed by atoms with Gasteiger partial charge in [-0.3, -0.25) is 0 Å². The van der Waals surface area contributed by atoms with Crippen LogP contribution in [0, 0.1) is 17.8 Å². The average Bonchev–Trinajstić information content (AvgIpc) is 2.78. The Morgan fingerprint density at radius 2 is 2.00 bits per heavy atom. The van der Waals surface area contributed by atoms with E-state index < -0.39 is 0 Å². The zero-order chi connectivity index (χ0) is 11.0. The van der Waals surface area contributed by atoms with Crippen molar-refractivity contribution in [1.29, 1.82) is 0 Å². The molecular weight excluding hydrogens is 194 g/mol. The zero-order valence-corrected chi connectivity index (χ0v) is 10.5. The van der Waals surface area contributed by atoms with Crippen LogP contribution >= 0.6 is 0 Å². The van der Waals surface area contributed by atoms with Gasteiger partial charge in [-0.15, -0.1) is 0 Å². The molecular formula is C15H25N. The van der Waals surface area contributed by atoms with Crippen LogP contribution in [0.15, 0.2) is 11.6 Å². The first kappa shape index (κ1) is 10.8. The highest BCUT2D eigenvalue weighted by Crippen LogP contribution is 2.58. The van der Waals surface area contributed by atoms with E-state index >= 15 is 0 Å². The van der Waals surface area contributed by atoms with Crippen LogP contribution in [0.25, 0.3) is 0 Å². The lowest BCUT2D eigenvalue weighted by Crippen LogP contribution is -2.33. The molecule has 0 heterocycles. The SMILES string of the molecule is CCNC(C1=CCCC1)C1C2CCCCC21. The minimum Gasteiger partial charge on any atom is -0.310 e. The lowest BCUT2D eigenvalue weighted by atomic mass is 9.99. The Morgan fingerprint density at radius 1 is 1.25 bits per heavy atom. The van der Waals surface area contributed by atoms with Gasteiger partial charge >= 0.3 is 0 Å². The van der Waals surface area contributed by atoms with Crippen molar-refractivity contribution >= 4 is 0 Å². The maximum Gasteiger partial charge on any atom is 0.0313 e. The number of allylic oxidation sites excluding steroid dienone is 1. The van der Waals surface area contributed by atoms with E-state index in [1.54, 1.807) is 5.57 Å². The monoisotopic (exact) mass is 219 g/mol. The molecule has 3 unspecified atom stereocenters. The van der Waals surface area contributed by atoms with Crippen molar-refractivity contribution in [3.05, 3.63) is 11.6 Å². The van der Waals surface area contributed by atoms with E-state index in [-0.39, 0.29) is 0 Å². The molecule has 3 atom stereocenters. The fourth-order valence-electron chi connectivity index (χ4n) is 4.25. The molecule has 0 radical (unpaired) electrons. The third-order valence-corrected chi connectivity index (χ3v) is 5.01. The highest BCUT2D eigenvalue weighted by Gasteiger charge is 2.54. The minimum absolute atomic E-state index is 0.751. The molecule has 90 valence electrons. The third kappa shape index (κ3) is 1.84. The maximum atomic E-state index is 3.77. The molecule has 0 bridgehead atoms. The van der Waals surface area contributed by atoms with E-state index in [4.69, 9.17) is 0 Å².